The van der Waals surface area contributed by atoms with E-state index in [-0.39, 0.29) is 23.8 Å². The number of carbonyl (C=O) groups excluding carboxylic acids is 2. The van der Waals surface area contributed by atoms with Crippen LogP contribution in [0.3, 0.4) is 0 Å². The van der Waals surface area contributed by atoms with Crippen LogP contribution in [-0.4, -0.2) is 50.6 Å². The summed E-state index contributed by atoms with van der Waals surface area (Å²) in [4.78, 5) is 26.2. The summed E-state index contributed by atoms with van der Waals surface area (Å²) in [5.41, 5.74) is 0.928. The van der Waals surface area contributed by atoms with Gasteiger partial charge in [-0.3, -0.25) is 4.90 Å². The smallest absolute Gasteiger partial charge is 0.410 e. The lowest BCUT2D eigenvalue weighted by atomic mass is 10.2. The maximum Gasteiger partial charge on any atom is 0.410 e. The number of carbonyl (C=O) groups is 2. The molecule has 7 heteroatoms. The summed E-state index contributed by atoms with van der Waals surface area (Å²) in [5, 5.41) is 0.0739. The molecule has 0 radical (unpaired) electrons. The van der Waals surface area contributed by atoms with E-state index in [9.17, 15) is 9.59 Å². The lowest BCUT2D eigenvalue weighted by Gasteiger charge is -2.38. The zero-order chi connectivity index (χ0) is 22.4. The number of nitrogens with zero attached hydrogens (tertiary/aromatic N) is 1. The van der Waals surface area contributed by atoms with Gasteiger partial charge >= 0.3 is 12.1 Å². The van der Waals surface area contributed by atoms with E-state index in [2.05, 4.69) is 33.9 Å². The first-order chi connectivity index (χ1) is 14.0. The van der Waals surface area contributed by atoms with Crippen molar-refractivity contribution >= 4 is 20.4 Å². The van der Waals surface area contributed by atoms with E-state index < -0.39 is 20.4 Å². The molecule has 1 amide bonds. The van der Waals surface area contributed by atoms with E-state index in [1.807, 2.05) is 30.3 Å². The van der Waals surface area contributed by atoms with Crippen molar-refractivity contribution in [2.45, 2.75) is 71.0 Å². The number of amides is 1. The Balaban J connectivity index is 2.09. The third kappa shape index (κ3) is 6.70. The normalized spacial score (nSPS) is 19.9. The second-order valence-corrected chi connectivity index (χ2v) is 13.9. The van der Waals surface area contributed by atoms with Crippen LogP contribution in [0.5, 0.6) is 0 Å². The SMILES string of the molecule is CCOC(=O)/C=C/[C@@H]1C[C@@H](O[Si](C)(C)C(C)(C)C)CN1C(=O)OCc1ccccc1. The molecule has 30 heavy (non-hydrogen) atoms. The molecule has 1 fully saturated rings. The lowest BCUT2D eigenvalue weighted by molar-refractivity contribution is -0.137. The fourth-order valence-corrected chi connectivity index (χ4v) is 4.44. The summed E-state index contributed by atoms with van der Waals surface area (Å²) in [6.07, 6.45) is 3.24. The fourth-order valence-electron chi connectivity index (χ4n) is 3.08. The van der Waals surface area contributed by atoms with Crippen LogP contribution < -0.4 is 0 Å². The van der Waals surface area contributed by atoms with Crippen LogP contribution in [0.25, 0.3) is 0 Å². The van der Waals surface area contributed by atoms with Gasteiger partial charge in [-0.05, 0) is 37.0 Å². The number of ether oxygens (including phenoxy) is 2. The van der Waals surface area contributed by atoms with E-state index in [0.717, 1.165) is 5.56 Å². The van der Waals surface area contributed by atoms with Crippen LogP contribution in [0, 0.1) is 0 Å². The molecule has 2 rings (SSSR count). The van der Waals surface area contributed by atoms with Gasteiger partial charge in [-0.1, -0.05) is 57.2 Å². The summed E-state index contributed by atoms with van der Waals surface area (Å²) in [7, 11) is -1.99. The number of rotatable bonds is 7. The highest BCUT2D eigenvalue weighted by molar-refractivity contribution is 6.74. The van der Waals surface area contributed by atoms with Crippen molar-refractivity contribution in [3.63, 3.8) is 0 Å². The Kier molecular flexibility index (Phi) is 8.26. The second-order valence-electron chi connectivity index (χ2n) is 9.11. The van der Waals surface area contributed by atoms with Crippen molar-refractivity contribution in [2.24, 2.45) is 0 Å². The van der Waals surface area contributed by atoms with Crippen molar-refractivity contribution in [3.8, 4) is 0 Å². The average Bonchev–Trinajstić information content (AvgIpc) is 3.06. The van der Waals surface area contributed by atoms with Crippen molar-refractivity contribution in [1.29, 1.82) is 0 Å². The van der Waals surface area contributed by atoms with Gasteiger partial charge in [0.05, 0.1) is 18.8 Å². The summed E-state index contributed by atoms with van der Waals surface area (Å²) in [5.74, 6) is -0.413. The topological polar surface area (TPSA) is 65.1 Å². The van der Waals surface area contributed by atoms with Crippen LogP contribution in [0.15, 0.2) is 42.5 Å². The predicted molar refractivity (Wildman–Crippen MR) is 120 cm³/mol. The summed E-state index contributed by atoms with van der Waals surface area (Å²) >= 11 is 0. The molecule has 0 unspecified atom stereocenters. The maximum absolute atomic E-state index is 12.8. The first-order valence-corrected chi connectivity index (χ1v) is 13.4. The molecule has 0 bridgehead atoms. The molecular weight excluding hydrogens is 398 g/mol. The van der Waals surface area contributed by atoms with E-state index in [1.165, 1.54) is 6.08 Å². The highest BCUT2D eigenvalue weighted by Crippen LogP contribution is 2.39. The Morgan fingerprint density at radius 2 is 1.83 bits per heavy atom. The van der Waals surface area contributed by atoms with Gasteiger partial charge in [0.15, 0.2) is 8.32 Å². The molecule has 1 aromatic rings. The molecule has 1 aliphatic rings. The van der Waals surface area contributed by atoms with Gasteiger partial charge in [-0.2, -0.15) is 0 Å². The molecule has 1 aromatic carbocycles. The highest BCUT2D eigenvalue weighted by Gasteiger charge is 2.43. The van der Waals surface area contributed by atoms with E-state index in [0.29, 0.717) is 19.6 Å². The summed E-state index contributed by atoms with van der Waals surface area (Å²) in [6, 6.07) is 9.30. The second kappa shape index (κ2) is 10.3. The zero-order valence-electron chi connectivity index (χ0n) is 19.0. The minimum absolute atomic E-state index is 0.0739. The van der Waals surface area contributed by atoms with Crippen molar-refractivity contribution in [3.05, 3.63) is 48.0 Å². The van der Waals surface area contributed by atoms with Crippen LogP contribution >= 0.6 is 0 Å². The van der Waals surface area contributed by atoms with Crippen LogP contribution in [0.2, 0.25) is 18.1 Å². The number of benzene rings is 1. The molecule has 2 atom stereocenters. The Bertz CT molecular complexity index is 742. The molecule has 1 heterocycles. The van der Waals surface area contributed by atoms with Crippen LogP contribution in [0.1, 0.15) is 39.7 Å². The molecule has 6 nitrogen and oxygen atoms in total. The van der Waals surface area contributed by atoms with Gasteiger partial charge < -0.3 is 13.9 Å². The third-order valence-corrected chi connectivity index (χ3v) is 10.3. The first-order valence-electron chi connectivity index (χ1n) is 10.5. The highest BCUT2D eigenvalue weighted by atomic mass is 28.4. The number of hydrogen-bond acceptors (Lipinski definition) is 5. The van der Waals surface area contributed by atoms with E-state index >= 15 is 0 Å². The van der Waals surface area contributed by atoms with E-state index in [1.54, 1.807) is 17.9 Å². The van der Waals surface area contributed by atoms with Crippen LogP contribution in [0.4, 0.5) is 4.79 Å². The lowest BCUT2D eigenvalue weighted by Crippen LogP contribution is -2.44. The Morgan fingerprint density at radius 1 is 1.17 bits per heavy atom. The molecule has 0 saturated carbocycles. The Morgan fingerprint density at radius 3 is 2.43 bits per heavy atom. The first kappa shape index (κ1) is 24.1. The average molecular weight is 434 g/mol. The number of likely N-dealkylation sites (tertiary alicyclic amines) is 1. The molecule has 0 spiro atoms. The van der Waals surface area contributed by atoms with Crippen molar-refractivity contribution in [2.75, 3.05) is 13.2 Å². The van der Waals surface area contributed by atoms with Crippen LogP contribution in [-0.2, 0) is 25.3 Å². The van der Waals surface area contributed by atoms with Gasteiger partial charge in [0, 0.05) is 12.6 Å². The largest absolute Gasteiger partial charge is 0.463 e. The van der Waals surface area contributed by atoms with Gasteiger partial charge in [0.2, 0.25) is 0 Å². The molecule has 0 aliphatic carbocycles. The third-order valence-electron chi connectivity index (χ3n) is 5.75. The van der Waals surface area contributed by atoms with E-state index in [4.69, 9.17) is 13.9 Å². The minimum atomic E-state index is -1.99. The molecule has 166 valence electrons. The van der Waals surface area contributed by atoms with Crippen molar-refractivity contribution in [1.82, 2.24) is 4.90 Å². The van der Waals surface area contributed by atoms with Gasteiger partial charge in [0.25, 0.3) is 0 Å². The minimum Gasteiger partial charge on any atom is -0.463 e. The monoisotopic (exact) mass is 433 g/mol. The summed E-state index contributed by atoms with van der Waals surface area (Å²) < 4.78 is 17.0. The van der Waals surface area contributed by atoms with Crippen molar-refractivity contribution < 1.29 is 23.5 Å². The number of hydrogen-bond donors (Lipinski definition) is 0. The quantitative estimate of drug-likeness (QED) is 0.347. The molecule has 1 saturated heterocycles. The Hall–Kier alpha value is -2.12. The van der Waals surface area contributed by atoms with Gasteiger partial charge in [-0.25, -0.2) is 9.59 Å². The maximum atomic E-state index is 12.8. The predicted octanol–water partition coefficient (Wildman–Crippen LogP) is 4.91. The van der Waals surface area contributed by atoms with Gasteiger partial charge in [0.1, 0.15) is 6.61 Å². The Labute approximate surface area is 181 Å². The zero-order valence-corrected chi connectivity index (χ0v) is 20.0. The summed E-state index contributed by atoms with van der Waals surface area (Å²) in [6.45, 7) is 13.7. The standard InChI is InChI=1S/C23H35NO5Si/c1-7-27-21(25)14-13-19-15-20(29-30(5,6)23(2,3)4)16-24(19)22(26)28-17-18-11-9-8-10-12-18/h8-14,19-20H,7,15-17H2,1-6H3/b14-13+/t19-,20-/m1/s1. The van der Waals surface area contributed by atoms with Gasteiger partial charge in [-0.15, -0.1) is 0 Å². The molecule has 0 aromatic heterocycles. The number of esters is 1. The fraction of sp³-hybridized carbons (Fsp3) is 0.565. The molecule has 1 aliphatic heterocycles. The molecular formula is C23H35NO5Si. The molecule has 0 N–H and O–H groups in total.